The zero-order valence-corrected chi connectivity index (χ0v) is 14.3. The summed E-state index contributed by atoms with van der Waals surface area (Å²) >= 11 is 6.00. The van der Waals surface area contributed by atoms with E-state index in [0.717, 1.165) is 42.6 Å². The number of carbonyl (C=O) groups excluding carboxylic acids is 1. The highest BCUT2D eigenvalue weighted by atomic mass is 35.5. The highest BCUT2D eigenvalue weighted by molar-refractivity contribution is 6.30. The number of nitrogens with one attached hydrogen (secondary N) is 1. The molecule has 0 bridgehead atoms. The highest BCUT2D eigenvalue weighted by Crippen LogP contribution is 2.33. The average molecular weight is 344 g/mol. The fourth-order valence-electron chi connectivity index (χ4n) is 3.08. The first kappa shape index (κ1) is 16.9. The summed E-state index contributed by atoms with van der Waals surface area (Å²) in [7, 11) is 0. The minimum absolute atomic E-state index is 0.0439. The van der Waals surface area contributed by atoms with Gasteiger partial charge in [-0.05, 0) is 61.7 Å². The minimum atomic E-state index is -0.415. The summed E-state index contributed by atoms with van der Waals surface area (Å²) in [6, 6.07) is 12.4. The van der Waals surface area contributed by atoms with Crippen LogP contribution in [0.5, 0.6) is 0 Å². The lowest BCUT2D eigenvalue weighted by Gasteiger charge is -2.21. The van der Waals surface area contributed by atoms with Crippen LogP contribution in [0.4, 0.5) is 4.39 Å². The van der Waals surface area contributed by atoms with Crippen LogP contribution in [0.3, 0.4) is 0 Å². The third-order valence-electron chi connectivity index (χ3n) is 4.35. The van der Waals surface area contributed by atoms with E-state index in [1.807, 2.05) is 24.3 Å². The maximum atomic E-state index is 13.6. The van der Waals surface area contributed by atoms with Gasteiger partial charge in [0.2, 0.25) is 0 Å². The Morgan fingerprint density at radius 1 is 1.00 bits per heavy atom. The molecule has 1 N–H and O–H groups in total. The van der Waals surface area contributed by atoms with Gasteiger partial charge in [-0.25, -0.2) is 4.39 Å². The first-order valence-electron chi connectivity index (χ1n) is 8.06. The van der Waals surface area contributed by atoms with Gasteiger partial charge in [-0.15, -0.1) is 0 Å². The second-order valence-electron chi connectivity index (χ2n) is 5.99. The Balaban J connectivity index is 2.11. The lowest BCUT2D eigenvalue weighted by atomic mass is 9.88. The van der Waals surface area contributed by atoms with Crippen LogP contribution in [-0.4, -0.2) is 18.9 Å². The van der Waals surface area contributed by atoms with E-state index in [0.29, 0.717) is 5.56 Å². The Labute approximate surface area is 146 Å². The fraction of sp³-hybridized carbons (Fsp3) is 0.250. The molecule has 0 atom stereocenters. The van der Waals surface area contributed by atoms with Gasteiger partial charge in [0.1, 0.15) is 5.82 Å². The van der Waals surface area contributed by atoms with Crippen molar-refractivity contribution in [2.45, 2.75) is 19.8 Å². The standard InChI is InChI=1S/C20H19ClFNO/c1-13(24)14-2-4-15(5-3-14)20(16-8-10-23-11-9-16)17-6-7-19(22)18(21)12-17/h2-7,12,23H,8-11H2,1H3. The molecule has 0 radical (unpaired) electrons. The summed E-state index contributed by atoms with van der Waals surface area (Å²) < 4.78 is 13.6. The average Bonchev–Trinajstić information content (AvgIpc) is 2.60. The number of halogens is 2. The molecule has 2 aromatic carbocycles. The van der Waals surface area contributed by atoms with E-state index in [1.54, 1.807) is 19.1 Å². The minimum Gasteiger partial charge on any atom is -0.316 e. The van der Waals surface area contributed by atoms with Gasteiger partial charge in [0.05, 0.1) is 5.02 Å². The summed E-state index contributed by atoms with van der Waals surface area (Å²) in [5.74, 6) is -0.371. The number of ketones is 1. The molecule has 124 valence electrons. The Bertz CT molecular complexity index is 788. The van der Waals surface area contributed by atoms with Crippen LogP contribution in [0.25, 0.3) is 5.57 Å². The van der Waals surface area contributed by atoms with Crippen LogP contribution < -0.4 is 5.32 Å². The topological polar surface area (TPSA) is 29.1 Å². The molecule has 1 heterocycles. The molecule has 1 fully saturated rings. The number of rotatable bonds is 3. The SMILES string of the molecule is CC(=O)c1ccc(C(=C2CCNCC2)c2ccc(F)c(Cl)c2)cc1. The first-order valence-corrected chi connectivity index (χ1v) is 8.43. The van der Waals surface area contributed by atoms with Crippen LogP contribution in [0, 0.1) is 5.82 Å². The van der Waals surface area contributed by atoms with Gasteiger partial charge < -0.3 is 5.32 Å². The molecule has 3 rings (SSSR count). The van der Waals surface area contributed by atoms with Crippen molar-refractivity contribution in [1.82, 2.24) is 5.32 Å². The zero-order valence-electron chi connectivity index (χ0n) is 13.5. The predicted octanol–water partition coefficient (Wildman–Crippen LogP) is 4.87. The van der Waals surface area contributed by atoms with E-state index >= 15 is 0 Å². The Morgan fingerprint density at radius 2 is 1.58 bits per heavy atom. The summed E-state index contributed by atoms with van der Waals surface area (Å²) in [6.07, 6.45) is 1.89. The van der Waals surface area contributed by atoms with Crippen molar-refractivity contribution in [3.05, 3.63) is 75.6 Å². The molecular weight excluding hydrogens is 325 g/mol. The molecule has 24 heavy (non-hydrogen) atoms. The number of Topliss-reactive ketones (excluding diaryl/α,β-unsaturated/α-hetero) is 1. The molecule has 0 amide bonds. The number of hydrogen-bond donors (Lipinski definition) is 1. The Hall–Kier alpha value is -1.97. The fourth-order valence-corrected chi connectivity index (χ4v) is 3.26. The van der Waals surface area contributed by atoms with Crippen molar-refractivity contribution < 1.29 is 9.18 Å². The van der Waals surface area contributed by atoms with Crippen molar-refractivity contribution in [3.8, 4) is 0 Å². The molecule has 0 aromatic heterocycles. The monoisotopic (exact) mass is 343 g/mol. The van der Waals surface area contributed by atoms with Crippen molar-refractivity contribution >= 4 is 23.0 Å². The maximum Gasteiger partial charge on any atom is 0.159 e. The van der Waals surface area contributed by atoms with E-state index < -0.39 is 5.82 Å². The highest BCUT2D eigenvalue weighted by Gasteiger charge is 2.16. The quantitative estimate of drug-likeness (QED) is 0.806. The molecule has 2 aromatic rings. The van der Waals surface area contributed by atoms with E-state index in [2.05, 4.69) is 5.32 Å². The lowest BCUT2D eigenvalue weighted by molar-refractivity contribution is 0.101. The summed E-state index contributed by atoms with van der Waals surface area (Å²) in [4.78, 5) is 11.5. The van der Waals surface area contributed by atoms with Gasteiger partial charge in [0, 0.05) is 5.56 Å². The van der Waals surface area contributed by atoms with E-state index in [4.69, 9.17) is 11.6 Å². The van der Waals surface area contributed by atoms with Crippen LogP contribution in [0.2, 0.25) is 5.02 Å². The van der Waals surface area contributed by atoms with Gasteiger partial charge in [0.15, 0.2) is 5.78 Å². The van der Waals surface area contributed by atoms with E-state index in [-0.39, 0.29) is 10.8 Å². The van der Waals surface area contributed by atoms with Crippen LogP contribution in [0.15, 0.2) is 48.0 Å². The first-order chi connectivity index (χ1) is 11.6. The summed E-state index contributed by atoms with van der Waals surface area (Å²) in [6.45, 7) is 3.42. The molecular formula is C20H19ClFNO. The van der Waals surface area contributed by atoms with E-state index in [9.17, 15) is 9.18 Å². The second-order valence-corrected chi connectivity index (χ2v) is 6.40. The molecule has 1 aliphatic rings. The molecule has 0 saturated carbocycles. The number of carbonyl (C=O) groups is 1. The normalized spacial score (nSPS) is 14.5. The number of benzene rings is 2. The third kappa shape index (κ3) is 3.58. The van der Waals surface area contributed by atoms with Crippen LogP contribution in [-0.2, 0) is 0 Å². The third-order valence-corrected chi connectivity index (χ3v) is 4.64. The lowest BCUT2D eigenvalue weighted by Crippen LogP contribution is -2.23. The molecule has 0 spiro atoms. The summed E-state index contributed by atoms with van der Waals surface area (Å²) in [5, 5.41) is 3.48. The van der Waals surface area contributed by atoms with Crippen LogP contribution in [0.1, 0.15) is 41.3 Å². The zero-order chi connectivity index (χ0) is 17.1. The van der Waals surface area contributed by atoms with Crippen LogP contribution >= 0.6 is 11.6 Å². The molecule has 2 nitrogen and oxygen atoms in total. The Kier molecular flexibility index (Phi) is 5.12. The van der Waals surface area contributed by atoms with Crippen molar-refractivity contribution in [2.75, 3.05) is 13.1 Å². The maximum absolute atomic E-state index is 13.6. The largest absolute Gasteiger partial charge is 0.316 e. The predicted molar refractivity (Wildman–Crippen MR) is 96.0 cm³/mol. The molecule has 1 saturated heterocycles. The second kappa shape index (κ2) is 7.29. The molecule has 0 aliphatic carbocycles. The number of hydrogen-bond acceptors (Lipinski definition) is 2. The molecule has 4 heteroatoms. The van der Waals surface area contributed by atoms with Crippen molar-refractivity contribution in [1.29, 1.82) is 0 Å². The van der Waals surface area contributed by atoms with Gasteiger partial charge in [0.25, 0.3) is 0 Å². The van der Waals surface area contributed by atoms with E-state index in [1.165, 1.54) is 11.6 Å². The molecule has 0 unspecified atom stereocenters. The van der Waals surface area contributed by atoms with Crippen molar-refractivity contribution in [3.63, 3.8) is 0 Å². The van der Waals surface area contributed by atoms with Gasteiger partial charge in [-0.2, -0.15) is 0 Å². The molecule has 1 aliphatic heterocycles. The van der Waals surface area contributed by atoms with Gasteiger partial charge in [-0.1, -0.05) is 47.5 Å². The Morgan fingerprint density at radius 3 is 2.17 bits per heavy atom. The van der Waals surface area contributed by atoms with Crippen molar-refractivity contribution in [2.24, 2.45) is 0 Å². The van der Waals surface area contributed by atoms with Gasteiger partial charge >= 0.3 is 0 Å². The van der Waals surface area contributed by atoms with Gasteiger partial charge in [-0.3, -0.25) is 4.79 Å². The smallest absolute Gasteiger partial charge is 0.159 e. The number of piperidine rings is 1. The summed E-state index contributed by atoms with van der Waals surface area (Å²) in [5.41, 5.74) is 5.04.